The Hall–Kier alpha value is -6.76. The maximum atomic E-state index is 6.57. The molecular formula is C58H49BN2O2S. The van der Waals surface area contributed by atoms with E-state index in [1.165, 1.54) is 70.8 Å². The van der Waals surface area contributed by atoms with Crippen molar-refractivity contribution in [1.82, 2.24) is 0 Å². The number of thiophene rings is 1. The molecule has 4 nitrogen and oxygen atoms in total. The van der Waals surface area contributed by atoms with Crippen molar-refractivity contribution in [1.29, 1.82) is 0 Å². The number of benzene rings is 7. The quantitative estimate of drug-likeness (QED) is 0.165. The van der Waals surface area contributed by atoms with E-state index in [0.717, 1.165) is 56.0 Å². The number of hydrogen-bond donors (Lipinski definition) is 0. The van der Waals surface area contributed by atoms with Crippen LogP contribution in [-0.4, -0.2) is 6.71 Å². The van der Waals surface area contributed by atoms with E-state index in [4.69, 9.17) is 8.83 Å². The third-order valence-corrected chi connectivity index (χ3v) is 14.8. The van der Waals surface area contributed by atoms with E-state index in [-0.39, 0.29) is 17.5 Å². The fourth-order valence-corrected chi connectivity index (χ4v) is 11.6. The summed E-state index contributed by atoms with van der Waals surface area (Å²) in [4.78, 5) is 5.10. The first-order valence-corrected chi connectivity index (χ1v) is 23.3. The smallest absolute Gasteiger partial charge is 0.254 e. The van der Waals surface area contributed by atoms with Crippen LogP contribution in [0, 0.1) is 13.8 Å². The molecule has 0 unspecified atom stereocenters. The molecule has 64 heavy (non-hydrogen) atoms. The van der Waals surface area contributed by atoms with Crippen LogP contribution in [0.15, 0.2) is 160 Å². The lowest BCUT2D eigenvalue weighted by molar-refractivity contribution is 0.589. The Morgan fingerprint density at radius 3 is 1.75 bits per heavy atom. The summed E-state index contributed by atoms with van der Waals surface area (Å²) >= 11 is 1.92. The van der Waals surface area contributed by atoms with Crippen molar-refractivity contribution in [2.45, 2.75) is 66.2 Å². The molecule has 0 radical (unpaired) electrons. The number of rotatable bonds is 4. The summed E-state index contributed by atoms with van der Waals surface area (Å²) in [5.41, 5.74) is 18.9. The monoisotopic (exact) mass is 848 g/mol. The molecule has 0 fully saturated rings. The van der Waals surface area contributed by atoms with Gasteiger partial charge in [0.05, 0.1) is 10.7 Å². The molecule has 0 atom stereocenters. The molecule has 2 aliphatic rings. The number of aryl methyl sites for hydroxylation is 2. The Balaban J connectivity index is 1.15. The summed E-state index contributed by atoms with van der Waals surface area (Å²) in [6, 6.07) is 55.7. The molecule has 0 bridgehead atoms. The summed E-state index contributed by atoms with van der Waals surface area (Å²) in [6.07, 6.45) is 0. The van der Waals surface area contributed by atoms with Crippen LogP contribution in [0.2, 0.25) is 0 Å². The van der Waals surface area contributed by atoms with Gasteiger partial charge in [0.1, 0.15) is 22.7 Å². The van der Waals surface area contributed by atoms with Crippen molar-refractivity contribution < 1.29 is 8.83 Å². The van der Waals surface area contributed by atoms with E-state index < -0.39 is 0 Å². The van der Waals surface area contributed by atoms with Crippen LogP contribution >= 0.6 is 11.3 Å². The second kappa shape index (κ2) is 13.9. The molecule has 0 saturated heterocycles. The predicted molar refractivity (Wildman–Crippen MR) is 273 cm³/mol. The van der Waals surface area contributed by atoms with Crippen molar-refractivity contribution in [3.8, 4) is 22.6 Å². The Morgan fingerprint density at radius 2 is 1.11 bits per heavy atom. The average molecular weight is 849 g/mol. The van der Waals surface area contributed by atoms with E-state index >= 15 is 0 Å². The van der Waals surface area contributed by atoms with Crippen molar-refractivity contribution in [2.75, 3.05) is 9.80 Å². The van der Waals surface area contributed by atoms with Gasteiger partial charge in [0.2, 0.25) is 0 Å². The highest BCUT2D eigenvalue weighted by atomic mass is 32.1. The Kier molecular flexibility index (Phi) is 8.43. The molecule has 3 aromatic heterocycles. The van der Waals surface area contributed by atoms with Gasteiger partial charge in [-0.05, 0) is 129 Å². The zero-order chi connectivity index (χ0) is 43.8. The van der Waals surface area contributed by atoms with E-state index in [2.05, 4.69) is 193 Å². The molecule has 2 aliphatic heterocycles. The Labute approximate surface area is 379 Å². The third-order valence-electron chi connectivity index (χ3n) is 13.6. The largest absolute Gasteiger partial charge is 0.456 e. The second-order valence-corrected chi connectivity index (χ2v) is 21.0. The number of para-hydroxylation sites is 2. The molecule has 0 aliphatic carbocycles. The van der Waals surface area contributed by atoms with Gasteiger partial charge in [-0.1, -0.05) is 133 Å². The van der Waals surface area contributed by atoms with Gasteiger partial charge in [0, 0.05) is 49.3 Å². The minimum absolute atomic E-state index is 0.00991. The van der Waals surface area contributed by atoms with Crippen molar-refractivity contribution >= 4 is 99.9 Å². The van der Waals surface area contributed by atoms with Crippen molar-refractivity contribution in [3.63, 3.8) is 0 Å². The lowest BCUT2D eigenvalue weighted by Gasteiger charge is -2.44. The van der Waals surface area contributed by atoms with Gasteiger partial charge in [0.15, 0.2) is 0 Å². The van der Waals surface area contributed by atoms with Crippen LogP contribution in [0.25, 0.3) is 54.7 Å². The van der Waals surface area contributed by atoms with Crippen LogP contribution in [0.5, 0.6) is 0 Å². The van der Waals surface area contributed by atoms with Gasteiger partial charge in [-0.25, -0.2) is 0 Å². The molecule has 10 aromatic rings. The normalized spacial score (nSPS) is 13.5. The lowest BCUT2D eigenvalue weighted by atomic mass is 9.33. The minimum atomic E-state index is -0.0228. The number of hydrogen-bond acceptors (Lipinski definition) is 5. The molecule has 0 N–H and O–H groups in total. The first kappa shape index (κ1) is 38.9. The lowest BCUT2D eigenvalue weighted by Crippen LogP contribution is -2.61. The Bertz CT molecular complexity index is 3450. The van der Waals surface area contributed by atoms with Crippen LogP contribution in [-0.2, 0) is 10.8 Å². The van der Waals surface area contributed by atoms with Gasteiger partial charge >= 0.3 is 0 Å². The highest BCUT2D eigenvalue weighted by Gasteiger charge is 2.46. The van der Waals surface area contributed by atoms with Crippen LogP contribution in [0.3, 0.4) is 0 Å². The standard InChI is InChI=1S/C58H49BN2O2S/c1-34-27-41(58(6,7)8)28-35(2)55(34)61-46-20-14-19-45-54(46)59(53-43-33-40(57(3,4)5)24-26-52(43)64-56(53)61)44-25-23-39(51-32-38-16-10-12-22-49(38)63-51)30-47(44)60(45)42-18-13-17-36(29-42)50-31-37-15-9-11-21-48(37)62-50/h9-33H,1-8H3. The summed E-state index contributed by atoms with van der Waals surface area (Å²) < 4.78 is 14.4. The van der Waals surface area contributed by atoms with E-state index in [9.17, 15) is 0 Å². The highest BCUT2D eigenvalue weighted by molar-refractivity contribution is 7.26. The van der Waals surface area contributed by atoms with Crippen molar-refractivity contribution in [3.05, 3.63) is 174 Å². The van der Waals surface area contributed by atoms with Gasteiger partial charge in [0.25, 0.3) is 6.71 Å². The third kappa shape index (κ3) is 5.95. The minimum Gasteiger partial charge on any atom is -0.456 e. The molecule has 0 spiro atoms. The predicted octanol–water partition coefficient (Wildman–Crippen LogP) is 15.0. The Morgan fingerprint density at radius 1 is 0.500 bits per heavy atom. The molecule has 0 saturated carbocycles. The molecule has 6 heteroatoms. The molecule has 312 valence electrons. The van der Waals surface area contributed by atoms with E-state index in [0.29, 0.717) is 0 Å². The molecular weight excluding hydrogens is 800 g/mol. The fourth-order valence-electron chi connectivity index (χ4n) is 10.4. The zero-order valence-corrected chi connectivity index (χ0v) is 38.4. The van der Waals surface area contributed by atoms with Gasteiger partial charge < -0.3 is 18.6 Å². The maximum absolute atomic E-state index is 6.57. The fraction of sp³-hybridized carbons (Fsp3) is 0.172. The van der Waals surface area contributed by atoms with Crippen LogP contribution in [0.4, 0.5) is 33.4 Å². The second-order valence-electron chi connectivity index (χ2n) is 19.9. The average Bonchev–Trinajstić information content (AvgIpc) is 4.01. The SMILES string of the molecule is Cc1cc(C(C)(C)C)cc(C)c1N1c2cccc3c2B(c2ccc(-c4cc5ccccc5o4)cc2N3c2cccc(-c3cc4ccccc4o3)c2)c2c1sc1ccc(C(C)(C)C)cc21. The molecule has 0 amide bonds. The molecule has 5 heterocycles. The first-order chi connectivity index (χ1) is 30.8. The van der Waals surface area contributed by atoms with E-state index in [1.54, 1.807) is 0 Å². The number of fused-ring (bicyclic) bond motifs is 8. The van der Waals surface area contributed by atoms with Gasteiger partial charge in [-0.15, -0.1) is 11.3 Å². The summed E-state index contributed by atoms with van der Waals surface area (Å²) in [6.45, 7) is 18.5. The number of nitrogens with zero attached hydrogens (tertiary/aromatic N) is 2. The van der Waals surface area contributed by atoms with E-state index in [1.807, 2.05) is 35.6 Å². The first-order valence-electron chi connectivity index (χ1n) is 22.4. The zero-order valence-electron chi connectivity index (χ0n) is 37.6. The van der Waals surface area contributed by atoms with Gasteiger partial charge in [-0.2, -0.15) is 0 Å². The topological polar surface area (TPSA) is 32.8 Å². The van der Waals surface area contributed by atoms with Crippen LogP contribution in [0.1, 0.15) is 63.8 Å². The van der Waals surface area contributed by atoms with Gasteiger partial charge in [-0.3, -0.25) is 0 Å². The number of furan rings is 2. The highest BCUT2D eigenvalue weighted by Crippen LogP contribution is 2.50. The summed E-state index contributed by atoms with van der Waals surface area (Å²) in [7, 11) is 0. The summed E-state index contributed by atoms with van der Waals surface area (Å²) in [5.74, 6) is 1.71. The van der Waals surface area contributed by atoms with Crippen LogP contribution < -0.4 is 26.2 Å². The number of anilines is 6. The molecule has 12 rings (SSSR count). The summed E-state index contributed by atoms with van der Waals surface area (Å²) in [5, 5.41) is 4.81. The maximum Gasteiger partial charge on any atom is 0.254 e. The molecule has 7 aromatic carbocycles. The van der Waals surface area contributed by atoms with Crippen molar-refractivity contribution in [2.24, 2.45) is 0 Å².